The second kappa shape index (κ2) is 6.02. The SMILES string of the molecule is COC1(C(C)NCC2(CO)COCC3(CCC3)N2C)CCC1. The van der Waals surface area contributed by atoms with E-state index in [2.05, 4.69) is 24.2 Å². The van der Waals surface area contributed by atoms with Crippen LogP contribution < -0.4 is 5.32 Å². The lowest BCUT2D eigenvalue weighted by Gasteiger charge is -2.60. The van der Waals surface area contributed by atoms with E-state index in [1.54, 1.807) is 0 Å². The van der Waals surface area contributed by atoms with E-state index in [1.165, 1.54) is 25.7 Å². The minimum Gasteiger partial charge on any atom is -0.394 e. The van der Waals surface area contributed by atoms with Crippen molar-refractivity contribution in [3.05, 3.63) is 0 Å². The molecule has 0 bridgehead atoms. The third-order valence-electron chi connectivity index (χ3n) is 6.88. The Kier molecular flexibility index (Phi) is 4.56. The van der Waals surface area contributed by atoms with Crippen molar-refractivity contribution in [2.24, 2.45) is 0 Å². The monoisotopic (exact) mass is 312 g/mol. The number of rotatable bonds is 6. The van der Waals surface area contributed by atoms with Crippen LogP contribution in [0.1, 0.15) is 45.4 Å². The van der Waals surface area contributed by atoms with E-state index in [0.717, 1.165) is 26.0 Å². The standard InChI is InChI=1S/C17H32N2O3/c1-14(17(21-3)8-5-9-17)18-10-16(11-20)13-22-12-15(19(16)2)6-4-7-15/h14,18,20H,4-13H2,1-3H3. The van der Waals surface area contributed by atoms with Crippen molar-refractivity contribution in [2.75, 3.05) is 40.5 Å². The zero-order chi connectivity index (χ0) is 15.8. The summed E-state index contributed by atoms with van der Waals surface area (Å²) in [5, 5.41) is 13.8. The van der Waals surface area contributed by atoms with Crippen molar-refractivity contribution in [1.82, 2.24) is 10.2 Å². The van der Waals surface area contributed by atoms with Crippen LogP contribution in [-0.4, -0.2) is 73.3 Å². The minimum absolute atomic E-state index is 0.0150. The second-order valence-electron chi connectivity index (χ2n) is 7.74. The molecule has 0 radical (unpaired) electrons. The summed E-state index contributed by atoms with van der Waals surface area (Å²) in [6.07, 6.45) is 7.13. The average Bonchev–Trinajstić information content (AvgIpc) is 2.44. The van der Waals surface area contributed by atoms with Gasteiger partial charge in [-0.25, -0.2) is 0 Å². The molecule has 1 heterocycles. The molecule has 0 aromatic heterocycles. The van der Waals surface area contributed by atoms with E-state index in [1.807, 2.05) is 7.11 Å². The molecule has 3 rings (SSSR count). The Hall–Kier alpha value is -0.200. The first-order valence-corrected chi connectivity index (χ1v) is 8.74. The Morgan fingerprint density at radius 1 is 1.23 bits per heavy atom. The van der Waals surface area contributed by atoms with Gasteiger partial charge in [-0.15, -0.1) is 0 Å². The first-order chi connectivity index (χ1) is 10.5. The van der Waals surface area contributed by atoms with Crippen molar-refractivity contribution < 1.29 is 14.6 Å². The van der Waals surface area contributed by atoms with Crippen LogP contribution in [0.4, 0.5) is 0 Å². The topological polar surface area (TPSA) is 54.0 Å². The average molecular weight is 312 g/mol. The molecule has 1 spiro atoms. The minimum atomic E-state index is -0.314. The Labute approximate surface area is 134 Å². The lowest BCUT2D eigenvalue weighted by atomic mass is 9.72. The molecule has 1 saturated heterocycles. The number of hydrogen-bond acceptors (Lipinski definition) is 5. The number of methoxy groups -OCH3 is 1. The molecule has 3 aliphatic rings. The molecule has 5 nitrogen and oxygen atoms in total. The van der Waals surface area contributed by atoms with Gasteiger partial charge in [0.05, 0.1) is 31.0 Å². The van der Waals surface area contributed by atoms with Crippen molar-refractivity contribution >= 4 is 0 Å². The highest BCUT2D eigenvalue weighted by Gasteiger charge is 2.53. The predicted molar refractivity (Wildman–Crippen MR) is 86.0 cm³/mol. The Morgan fingerprint density at radius 3 is 2.36 bits per heavy atom. The number of aliphatic hydroxyl groups excluding tert-OH is 1. The maximum absolute atomic E-state index is 10.1. The van der Waals surface area contributed by atoms with Gasteiger partial charge in [0.25, 0.3) is 0 Å². The molecule has 22 heavy (non-hydrogen) atoms. The summed E-state index contributed by atoms with van der Waals surface area (Å²) < 4.78 is 11.7. The van der Waals surface area contributed by atoms with Crippen LogP contribution in [0.3, 0.4) is 0 Å². The van der Waals surface area contributed by atoms with Crippen LogP contribution in [0.5, 0.6) is 0 Å². The van der Waals surface area contributed by atoms with Gasteiger partial charge in [-0.3, -0.25) is 4.90 Å². The maximum atomic E-state index is 10.1. The second-order valence-corrected chi connectivity index (χ2v) is 7.74. The molecule has 3 fully saturated rings. The van der Waals surface area contributed by atoms with Gasteiger partial charge in [-0.2, -0.15) is 0 Å². The fourth-order valence-corrected chi connectivity index (χ4v) is 4.44. The largest absolute Gasteiger partial charge is 0.394 e. The van der Waals surface area contributed by atoms with Gasteiger partial charge in [-0.1, -0.05) is 0 Å². The van der Waals surface area contributed by atoms with E-state index in [-0.39, 0.29) is 23.3 Å². The molecule has 0 amide bonds. The van der Waals surface area contributed by atoms with Crippen LogP contribution in [-0.2, 0) is 9.47 Å². The number of likely N-dealkylation sites (N-methyl/N-ethyl adjacent to an activating group) is 1. The smallest absolute Gasteiger partial charge is 0.0828 e. The summed E-state index contributed by atoms with van der Waals surface area (Å²) >= 11 is 0. The molecule has 2 aliphatic carbocycles. The van der Waals surface area contributed by atoms with Gasteiger partial charge in [0.2, 0.25) is 0 Å². The van der Waals surface area contributed by atoms with E-state index in [4.69, 9.17) is 9.47 Å². The summed E-state index contributed by atoms with van der Waals surface area (Å²) in [4.78, 5) is 2.41. The lowest BCUT2D eigenvalue weighted by Crippen LogP contribution is -2.73. The molecule has 0 aromatic carbocycles. The Balaban J connectivity index is 1.65. The van der Waals surface area contributed by atoms with Gasteiger partial charge in [0.15, 0.2) is 0 Å². The van der Waals surface area contributed by atoms with Crippen molar-refractivity contribution in [2.45, 2.75) is 68.2 Å². The van der Waals surface area contributed by atoms with Crippen molar-refractivity contribution in [3.63, 3.8) is 0 Å². The normalized spacial score (nSPS) is 34.9. The van der Waals surface area contributed by atoms with Gasteiger partial charge < -0.3 is 19.9 Å². The Bertz CT molecular complexity index is 390. The fourth-order valence-electron chi connectivity index (χ4n) is 4.44. The molecular formula is C17H32N2O3. The van der Waals surface area contributed by atoms with Crippen LogP contribution in [0.15, 0.2) is 0 Å². The molecule has 128 valence electrons. The van der Waals surface area contributed by atoms with E-state index < -0.39 is 0 Å². The number of nitrogens with one attached hydrogen (secondary N) is 1. The van der Waals surface area contributed by atoms with E-state index in [9.17, 15) is 5.11 Å². The summed E-state index contributed by atoms with van der Waals surface area (Å²) in [5.74, 6) is 0. The Morgan fingerprint density at radius 2 is 1.91 bits per heavy atom. The molecule has 1 aliphatic heterocycles. The van der Waals surface area contributed by atoms with Crippen molar-refractivity contribution in [1.29, 1.82) is 0 Å². The van der Waals surface area contributed by atoms with Crippen LogP contribution in [0.2, 0.25) is 0 Å². The van der Waals surface area contributed by atoms with Gasteiger partial charge in [-0.05, 0) is 52.5 Å². The third kappa shape index (κ3) is 2.42. The summed E-state index contributed by atoms with van der Waals surface area (Å²) in [7, 11) is 3.98. The number of ether oxygens (including phenoxy) is 2. The van der Waals surface area contributed by atoms with Crippen molar-refractivity contribution in [3.8, 4) is 0 Å². The van der Waals surface area contributed by atoms with Crippen LogP contribution in [0.25, 0.3) is 0 Å². The molecule has 5 heteroatoms. The van der Waals surface area contributed by atoms with Gasteiger partial charge in [0, 0.05) is 25.2 Å². The zero-order valence-electron chi connectivity index (χ0n) is 14.4. The third-order valence-corrected chi connectivity index (χ3v) is 6.88. The number of nitrogens with zero attached hydrogens (tertiary/aromatic N) is 1. The molecule has 2 atom stereocenters. The molecule has 2 saturated carbocycles. The van der Waals surface area contributed by atoms with E-state index in [0.29, 0.717) is 12.6 Å². The number of aliphatic hydroxyl groups is 1. The highest BCUT2D eigenvalue weighted by molar-refractivity contribution is 5.09. The molecule has 2 unspecified atom stereocenters. The molecule has 0 aromatic rings. The van der Waals surface area contributed by atoms with E-state index >= 15 is 0 Å². The fraction of sp³-hybridized carbons (Fsp3) is 1.00. The predicted octanol–water partition coefficient (Wildman–Crippen LogP) is 1.15. The van der Waals surface area contributed by atoms with Crippen LogP contribution in [0, 0.1) is 0 Å². The zero-order valence-corrected chi connectivity index (χ0v) is 14.4. The lowest BCUT2D eigenvalue weighted by molar-refractivity contribution is -0.182. The summed E-state index contributed by atoms with van der Waals surface area (Å²) in [6.45, 7) is 4.49. The first kappa shape index (κ1) is 16.7. The highest BCUT2D eigenvalue weighted by atomic mass is 16.5. The number of hydrogen-bond donors (Lipinski definition) is 2. The first-order valence-electron chi connectivity index (χ1n) is 8.74. The summed E-state index contributed by atoms with van der Waals surface area (Å²) in [6, 6.07) is 0.294. The quantitative estimate of drug-likeness (QED) is 0.770. The van der Waals surface area contributed by atoms with Crippen LogP contribution >= 0.6 is 0 Å². The molecule has 2 N–H and O–H groups in total. The summed E-state index contributed by atoms with van der Waals surface area (Å²) in [5.41, 5.74) is -0.175. The molecular weight excluding hydrogens is 280 g/mol. The maximum Gasteiger partial charge on any atom is 0.0828 e. The number of morpholine rings is 1. The highest BCUT2D eigenvalue weighted by Crippen LogP contribution is 2.44. The van der Waals surface area contributed by atoms with Gasteiger partial charge in [0.1, 0.15) is 0 Å². The van der Waals surface area contributed by atoms with Gasteiger partial charge >= 0.3 is 0 Å².